The van der Waals surface area contributed by atoms with E-state index in [2.05, 4.69) is 5.32 Å². The molecule has 1 saturated carbocycles. The van der Waals surface area contributed by atoms with Crippen molar-refractivity contribution in [1.82, 2.24) is 4.90 Å². The fourth-order valence-corrected chi connectivity index (χ4v) is 4.37. The van der Waals surface area contributed by atoms with Crippen LogP contribution in [-0.4, -0.2) is 48.9 Å². The van der Waals surface area contributed by atoms with E-state index in [0.717, 1.165) is 37.7 Å². The Morgan fingerprint density at radius 3 is 2.48 bits per heavy atom. The molecule has 1 spiro atoms. The van der Waals surface area contributed by atoms with Gasteiger partial charge in [-0.05, 0) is 37.8 Å². The molecule has 2 amide bonds. The largest absolute Gasteiger partial charge is 0.497 e. The lowest BCUT2D eigenvalue weighted by Gasteiger charge is -2.38. The number of carbonyl (C=O) groups excluding carboxylic acids is 2. The molecule has 1 aliphatic carbocycles. The van der Waals surface area contributed by atoms with Crippen LogP contribution in [0.3, 0.4) is 0 Å². The zero-order valence-electron chi connectivity index (χ0n) is 17.9. The Morgan fingerprint density at radius 2 is 1.81 bits per heavy atom. The number of hydrogen-bond acceptors (Lipinski definition) is 5. The van der Waals surface area contributed by atoms with E-state index in [9.17, 15) is 9.59 Å². The van der Waals surface area contributed by atoms with Crippen molar-refractivity contribution in [3.8, 4) is 11.5 Å². The molecule has 2 aromatic carbocycles. The van der Waals surface area contributed by atoms with Crippen molar-refractivity contribution in [3.63, 3.8) is 0 Å². The number of hydrogen-bond donors (Lipinski definition) is 1. The number of nitrogens with one attached hydrogen (secondary N) is 1. The summed E-state index contributed by atoms with van der Waals surface area (Å²) in [4.78, 5) is 32.9. The summed E-state index contributed by atoms with van der Waals surface area (Å²) in [6.07, 6.45) is 4.64. The number of methoxy groups -OCH3 is 2. The maximum atomic E-state index is 13.3. The van der Waals surface area contributed by atoms with E-state index in [1.54, 1.807) is 30.2 Å². The highest BCUT2D eigenvalue weighted by Crippen LogP contribution is 2.39. The van der Waals surface area contributed by atoms with Gasteiger partial charge in [-0.25, -0.2) is 0 Å². The summed E-state index contributed by atoms with van der Waals surface area (Å²) in [6, 6.07) is 14.7. The molecule has 0 bridgehead atoms. The molecule has 0 unspecified atom stereocenters. The van der Waals surface area contributed by atoms with Crippen LogP contribution in [0.5, 0.6) is 11.5 Å². The molecule has 31 heavy (non-hydrogen) atoms. The minimum atomic E-state index is -0.637. The molecule has 1 fully saturated rings. The molecule has 0 aromatic heterocycles. The van der Waals surface area contributed by atoms with E-state index in [1.807, 2.05) is 30.3 Å². The second-order valence-corrected chi connectivity index (χ2v) is 7.88. The second kappa shape index (κ2) is 8.79. The number of rotatable bonds is 6. The van der Waals surface area contributed by atoms with Crippen molar-refractivity contribution in [3.05, 3.63) is 54.1 Å². The van der Waals surface area contributed by atoms with Crippen LogP contribution < -0.4 is 14.8 Å². The van der Waals surface area contributed by atoms with Gasteiger partial charge < -0.3 is 19.7 Å². The van der Waals surface area contributed by atoms with Gasteiger partial charge in [-0.2, -0.15) is 0 Å². The molecular weight excluding hydrogens is 394 g/mol. The zero-order valence-corrected chi connectivity index (χ0v) is 17.9. The summed E-state index contributed by atoms with van der Waals surface area (Å²) in [7, 11) is 3.10. The van der Waals surface area contributed by atoms with Gasteiger partial charge in [0, 0.05) is 11.6 Å². The minimum Gasteiger partial charge on any atom is -0.497 e. The fourth-order valence-electron chi connectivity index (χ4n) is 4.37. The Kier molecular flexibility index (Phi) is 5.93. The molecule has 0 saturated heterocycles. The highest BCUT2D eigenvalue weighted by molar-refractivity contribution is 6.47. The first-order valence-corrected chi connectivity index (χ1v) is 10.6. The van der Waals surface area contributed by atoms with Crippen molar-refractivity contribution in [2.75, 3.05) is 26.1 Å². The molecule has 2 aromatic rings. The molecule has 162 valence electrons. The Balaban J connectivity index is 1.57. The third-order valence-electron chi connectivity index (χ3n) is 5.96. The molecule has 4 rings (SSSR count). The minimum absolute atomic E-state index is 0.0617. The predicted octanol–water partition coefficient (Wildman–Crippen LogP) is 3.63. The van der Waals surface area contributed by atoms with E-state index in [1.165, 1.54) is 7.11 Å². The first kappa shape index (κ1) is 20.9. The Bertz CT molecular complexity index is 997. The number of nitrogens with zero attached hydrogens (tertiary/aromatic N) is 2. The molecule has 2 aliphatic rings. The van der Waals surface area contributed by atoms with Gasteiger partial charge >= 0.3 is 0 Å². The maximum Gasteiger partial charge on any atom is 0.275 e. The van der Waals surface area contributed by atoms with E-state index in [-0.39, 0.29) is 18.4 Å². The van der Waals surface area contributed by atoms with Crippen molar-refractivity contribution in [2.45, 2.75) is 37.8 Å². The van der Waals surface area contributed by atoms with Gasteiger partial charge in [-0.1, -0.05) is 36.8 Å². The molecule has 1 heterocycles. The van der Waals surface area contributed by atoms with Gasteiger partial charge in [-0.15, -0.1) is 0 Å². The standard InChI is InChI=1S/C24H27N3O4/c1-30-18-11-12-19(20(15-18)31-2)25-21(28)16-27-23(29)22(17-9-5-3-6-10-17)26-24(27)13-7-4-8-14-24/h3,5-6,9-12,15H,4,7-8,13-14,16H2,1-2H3,(H,25,28). The van der Waals surface area contributed by atoms with Crippen molar-refractivity contribution < 1.29 is 19.1 Å². The van der Waals surface area contributed by atoms with Gasteiger partial charge in [-0.3, -0.25) is 14.6 Å². The molecule has 0 atom stereocenters. The number of aliphatic imine (C=N–C) groups is 1. The molecule has 7 nitrogen and oxygen atoms in total. The number of carbonyl (C=O) groups is 2. The lowest BCUT2D eigenvalue weighted by atomic mass is 9.88. The van der Waals surface area contributed by atoms with Crippen molar-refractivity contribution in [2.24, 2.45) is 4.99 Å². The summed E-state index contributed by atoms with van der Waals surface area (Å²) in [5.74, 6) is 0.650. The van der Waals surface area contributed by atoms with Crippen LogP contribution in [0.15, 0.2) is 53.5 Å². The van der Waals surface area contributed by atoms with Crippen LogP contribution in [0.25, 0.3) is 0 Å². The zero-order chi connectivity index (χ0) is 21.8. The Labute approximate surface area is 182 Å². The molecular formula is C24H27N3O4. The third-order valence-corrected chi connectivity index (χ3v) is 5.96. The normalized spacial score (nSPS) is 17.4. The molecule has 1 aliphatic heterocycles. The van der Waals surface area contributed by atoms with E-state index in [0.29, 0.717) is 22.9 Å². The molecule has 0 radical (unpaired) electrons. The lowest BCUT2D eigenvalue weighted by molar-refractivity contribution is -0.134. The van der Waals surface area contributed by atoms with Crippen LogP contribution >= 0.6 is 0 Å². The van der Waals surface area contributed by atoms with E-state index >= 15 is 0 Å². The van der Waals surface area contributed by atoms with Crippen LogP contribution in [0, 0.1) is 0 Å². The van der Waals surface area contributed by atoms with Crippen LogP contribution in [0.4, 0.5) is 5.69 Å². The van der Waals surface area contributed by atoms with Gasteiger partial charge in [0.25, 0.3) is 5.91 Å². The van der Waals surface area contributed by atoms with Crippen LogP contribution in [0.1, 0.15) is 37.7 Å². The van der Waals surface area contributed by atoms with Crippen LogP contribution in [0.2, 0.25) is 0 Å². The summed E-state index contributed by atoms with van der Waals surface area (Å²) in [5, 5.41) is 2.87. The predicted molar refractivity (Wildman–Crippen MR) is 119 cm³/mol. The van der Waals surface area contributed by atoms with E-state index in [4.69, 9.17) is 14.5 Å². The smallest absolute Gasteiger partial charge is 0.275 e. The fraction of sp³-hybridized carbons (Fsp3) is 0.375. The Morgan fingerprint density at radius 1 is 1.06 bits per heavy atom. The number of amides is 2. The van der Waals surface area contributed by atoms with Gasteiger partial charge in [0.1, 0.15) is 29.4 Å². The summed E-state index contributed by atoms with van der Waals surface area (Å²) in [5.41, 5.74) is 1.12. The topological polar surface area (TPSA) is 80.2 Å². The van der Waals surface area contributed by atoms with Crippen molar-refractivity contribution in [1.29, 1.82) is 0 Å². The third kappa shape index (κ3) is 4.13. The van der Waals surface area contributed by atoms with Crippen LogP contribution in [-0.2, 0) is 9.59 Å². The average Bonchev–Trinajstić information content (AvgIpc) is 3.06. The van der Waals surface area contributed by atoms with Crippen molar-refractivity contribution >= 4 is 23.2 Å². The number of anilines is 1. The monoisotopic (exact) mass is 421 g/mol. The van der Waals surface area contributed by atoms with Gasteiger partial charge in [0.05, 0.1) is 19.9 Å². The van der Waals surface area contributed by atoms with Gasteiger partial charge in [0.15, 0.2) is 0 Å². The highest BCUT2D eigenvalue weighted by Gasteiger charge is 2.48. The quantitative estimate of drug-likeness (QED) is 0.772. The maximum absolute atomic E-state index is 13.3. The van der Waals surface area contributed by atoms with E-state index < -0.39 is 5.66 Å². The number of benzene rings is 2. The average molecular weight is 421 g/mol. The SMILES string of the molecule is COc1ccc(NC(=O)CN2C(=O)C(c3ccccc3)=NC23CCCCC3)c(OC)c1. The first-order valence-electron chi connectivity index (χ1n) is 10.6. The number of ether oxygens (including phenoxy) is 2. The lowest BCUT2D eigenvalue weighted by Crippen LogP contribution is -2.51. The molecule has 7 heteroatoms. The second-order valence-electron chi connectivity index (χ2n) is 7.88. The molecule has 1 N–H and O–H groups in total. The Hall–Kier alpha value is -3.35. The summed E-state index contributed by atoms with van der Waals surface area (Å²) >= 11 is 0. The van der Waals surface area contributed by atoms with Gasteiger partial charge in [0.2, 0.25) is 5.91 Å². The summed E-state index contributed by atoms with van der Waals surface area (Å²) in [6.45, 7) is -0.0617. The highest BCUT2D eigenvalue weighted by atomic mass is 16.5. The first-order chi connectivity index (χ1) is 15.1. The summed E-state index contributed by atoms with van der Waals surface area (Å²) < 4.78 is 10.6.